The van der Waals surface area contributed by atoms with E-state index < -0.39 is 11.8 Å². The van der Waals surface area contributed by atoms with Gasteiger partial charge < -0.3 is 10.6 Å². The summed E-state index contributed by atoms with van der Waals surface area (Å²) >= 11 is 0. The molecule has 3 rings (SSSR count). The van der Waals surface area contributed by atoms with E-state index in [0.717, 1.165) is 17.8 Å². The number of amides is 2. The number of hydrogen-bond donors (Lipinski definition) is 2. The van der Waals surface area contributed by atoms with Gasteiger partial charge in [0.25, 0.3) is 0 Å². The summed E-state index contributed by atoms with van der Waals surface area (Å²) in [4.78, 5) is 12.0. The normalized spacial score (nSPS) is 10.8. The molecule has 0 aliphatic rings. The van der Waals surface area contributed by atoms with E-state index >= 15 is 0 Å². The predicted octanol–water partition coefficient (Wildman–Crippen LogP) is 4.25. The Morgan fingerprint density at radius 2 is 1.85 bits per heavy atom. The molecule has 0 bridgehead atoms. The molecule has 134 valence electrons. The molecule has 3 aromatic rings. The van der Waals surface area contributed by atoms with Gasteiger partial charge in [-0.1, -0.05) is 25.1 Å². The zero-order valence-corrected chi connectivity index (χ0v) is 14.6. The number of nitrogens with one attached hydrogen (secondary N) is 2. The van der Waals surface area contributed by atoms with Crippen molar-refractivity contribution in [1.82, 2.24) is 15.0 Å². The second-order valence-electron chi connectivity index (χ2n) is 6.39. The lowest BCUT2D eigenvalue weighted by Crippen LogP contribution is -2.19. The van der Waals surface area contributed by atoms with Crippen LogP contribution in [0, 0.1) is 11.7 Å². The monoisotopic (exact) mass is 353 g/mol. The van der Waals surface area contributed by atoms with Gasteiger partial charge in [-0.3, -0.25) is 0 Å². The molecule has 26 heavy (non-hydrogen) atoms. The number of carbonyl (C=O) groups excluding carboxylic acids is 1. The highest BCUT2D eigenvalue weighted by atomic mass is 19.1. The molecule has 0 radical (unpaired) electrons. The summed E-state index contributed by atoms with van der Waals surface area (Å²) in [5.74, 6) is 0.111. The van der Waals surface area contributed by atoms with Crippen molar-refractivity contribution in [3.63, 3.8) is 0 Å². The van der Waals surface area contributed by atoms with E-state index in [4.69, 9.17) is 0 Å². The molecule has 2 amide bonds. The number of urea groups is 1. The van der Waals surface area contributed by atoms with E-state index in [-0.39, 0.29) is 0 Å². The highest BCUT2D eigenvalue weighted by Crippen LogP contribution is 2.15. The van der Waals surface area contributed by atoms with Crippen LogP contribution < -0.4 is 10.6 Å². The van der Waals surface area contributed by atoms with Crippen LogP contribution in [0.15, 0.2) is 54.7 Å². The predicted molar refractivity (Wildman–Crippen MR) is 98.9 cm³/mol. The molecule has 0 aliphatic carbocycles. The lowest BCUT2D eigenvalue weighted by molar-refractivity contribution is 0.262. The Labute approximate surface area is 151 Å². The smallest absolute Gasteiger partial charge is 0.308 e. The highest BCUT2D eigenvalue weighted by molar-refractivity contribution is 5.99. The van der Waals surface area contributed by atoms with Crippen molar-refractivity contribution in [2.45, 2.75) is 20.3 Å². The Morgan fingerprint density at radius 3 is 2.54 bits per heavy atom. The molecule has 0 unspecified atom stereocenters. The molecule has 2 N–H and O–H groups in total. The van der Waals surface area contributed by atoms with Crippen LogP contribution in [0.5, 0.6) is 0 Å². The number of carbonyl (C=O) groups is 1. The van der Waals surface area contributed by atoms with Gasteiger partial charge in [-0.25, -0.2) is 13.9 Å². The third kappa shape index (κ3) is 4.66. The average Bonchev–Trinajstić information content (AvgIpc) is 3.03. The summed E-state index contributed by atoms with van der Waals surface area (Å²) in [6, 6.07) is 12.5. The number of nitrogens with zero attached hydrogens (tertiary/aromatic N) is 3. The first-order valence-electron chi connectivity index (χ1n) is 8.35. The van der Waals surface area contributed by atoms with Gasteiger partial charge in [0.2, 0.25) is 0 Å². The minimum atomic E-state index is -0.441. The fourth-order valence-electron chi connectivity index (χ4n) is 2.49. The third-order valence-electron chi connectivity index (χ3n) is 3.63. The minimum absolute atomic E-state index is 0.388. The minimum Gasteiger partial charge on any atom is -0.308 e. The van der Waals surface area contributed by atoms with Crippen molar-refractivity contribution in [3.8, 4) is 5.69 Å². The number of anilines is 2. The molecule has 0 saturated carbocycles. The molecular formula is C19H20FN5O. The lowest BCUT2D eigenvalue weighted by atomic mass is 10.1. The van der Waals surface area contributed by atoms with Crippen molar-refractivity contribution < 1.29 is 9.18 Å². The third-order valence-corrected chi connectivity index (χ3v) is 3.63. The van der Waals surface area contributed by atoms with Crippen LogP contribution in [-0.4, -0.2) is 21.0 Å². The first-order chi connectivity index (χ1) is 12.5. The molecule has 1 aromatic heterocycles. The van der Waals surface area contributed by atoms with Crippen LogP contribution in [-0.2, 0) is 6.42 Å². The summed E-state index contributed by atoms with van der Waals surface area (Å²) < 4.78 is 14.8. The van der Waals surface area contributed by atoms with E-state index in [1.54, 1.807) is 22.9 Å². The van der Waals surface area contributed by atoms with Gasteiger partial charge in [-0.2, -0.15) is 0 Å². The lowest BCUT2D eigenvalue weighted by Gasteiger charge is -2.08. The van der Waals surface area contributed by atoms with Crippen LogP contribution in [0.25, 0.3) is 5.69 Å². The van der Waals surface area contributed by atoms with Crippen molar-refractivity contribution in [3.05, 3.63) is 66.2 Å². The standard InChI is InChI=1S/C19H20FN5O/c1-13(2)10-17-12-25(24-23-17)18-8-6-15(7-9-18)21-19(26)22-16-5-3-4-14(20)11-16/h3-9,11-13H,10H2,1-2H3,(H2,21,22,26). The molecule has 0 fully saturated rings. The molecule has 1 heterocycles. The molecule has 6 nitrogen and oxygen atoms in total. The average molecular weight is 353 g/mol. The fraction of sp³-hybridized carbons (Fsp3) is 0.211. The summed E-state index contributed by atoms with van der Waals surface area (Å²) in [5, 5.41) is 13.6. The number of hydrogen-bond acceptors (Lipinski definition) is 3. The zero-order chi connectivity index (χ0) is 18.5. The molecule has 2 aromatic carbocycles. The van der Waals surface area contributed by atoms with Gasteiger partial charge in [0.1, 0.15) is 5.82 Å². The van der Waals surface area contributed by atoms with E-state index in [1.165, 1.54) is 18.2 Å². The van der Waals surface area contributed by atoms with Gasteiger partial charge in [0.05, 0.1) is 17.6 Å². The molecule has 0 spiro atoms. The fourth-order valence-corrected chi connectivity index (χ4v) is 2.49. The maximum absolute atomic E-state index is 13.1. The largest absolute Gasteiger partial charge is 0.323 e. The Hall–Kier alpha value is -3.22. The number of halogens is 1. The Kier molecular flexibility index (Phi) is 5.26. The van der Waals surface area contributed by atoms with Crippen LogP contribution in [0.2, 0.25) is 0 Å². The first-order valence-corrected chi connectivity index (χ1v) is 8.35. The molecule has 7 heteroatoms. The van der Waals surface area contributed by atoms with Gasteiger partial charge in [0.15, 0.2) is 0 Å². The van der Waals surface area contributed by atoms with Gasteiger partial charge >= 0.3 is 6.03 Å². The van der Waals surface area contributed by atoms with Crippen molar-refractivity contribution >= 4 is 17.4 Å². The zero-order valence-electron chi connectivity index (χ0n) is 14.6. The highest BCUT2D eigenvalue weighted by Gasteiger charge is 2.07. The van der Waals surface area contributed by atoms with Gasteiger partial charge in [-0.05, 0) is 54.8 Å². The Morgan fingerprint density at radius 1 is 1.12 bits per heavy atom. The van der Waals surface area contributed by atoms with E-state index in [1.807, 2.05) is 18.3 Å². The van der Waals surface area contributed by atoms with Crippen LogP contribution in [0.3, 0.4) is 0 Å². The topological polar surface area (TPSA) is 71.8 Å². The molecular weight excluding hydrogens is 333 g/mol. The number of benzene rings is 2. The van der Waals surface area contributed by atoms with Crippen LogP contribution >= 0.6 is 0 Å². The van der Waals surface area contributed by atoms with E-state index in [2.05, 4.69) is 34.8 Å². The van der Waals surface area contributed by atoms with Gasteiger partial charge in [-0.15, -0.1) is 5.10 Å². The quantitative estimate of drug-likeness (QED) is 0.720. The molecule has 0 aliphatic heterocycles. The van der Waals surface area contributed by atoms with Crippen molar-refractivity contribution in [2.24, 2.45) is 5.92 Å². The number of rotatable bonds is 5. The second kappa shape index (κ2) is 7.77. The molecule has 0 saturated heterocycles. The first kappa shape index (κ1) is 17.6. The summed E-state index contributed by atoms with van der Waals surface area (Å²) in [6.45, 7) is 4.27. The molecule has 0 atom stereocenters. The van der Waals surface area contributed by atoms with Crippen molar-refractivity contribution in [1.29, 1.82) is 0 Å². The van der Waals surface area contributed by atoms with E-state index in [0.29, 0.717) is 17.3 Å². The Bertz CT molecular complexity index is 889. The van der Waals surface area contributed by atoms with Crippen LogP contribution in [0.1, 0.15) is 19.5 Å². The van der Waals surface area contributed by atoms with E-state index in [9.17, 15) is 9.18 Å². The summed E-state index contributed by atoms with van der Waals surface area (Å²) in [6.07, 6.45) is 2.78. The SMILES string of the molecule is CC(C)Cc1cn(-c2ccc(NC(=O)Nc3cccc(F)c3)cc2)nn1. The number of aromatic nitrogens is 3. The summed E-state index contributed by atoms with van der Waals surface area (Å²) in [7, 11) is 0. The Balaban J connectivity index is 1.62. The van der Waals surface area contributed by atoms with Crippen LogP contribution in [0.4, 0.5) is 20.6 Å². The summed E-state index contributed by atoms with van der Waals surface area (Å²) in [5.41, 5.74) is 2.80. The maximum Gasteiger partial charge on any atom is 0.323 e. The maximum atomic E-state index is 13.1. The van der Waals surface area contributed by atoms with Crippen molar-refractivity contribution in [2.75, 3.05) is 10.6 Å². The second-order valence-corrected chi connectivity index (χ2v) is 6.39. The van der Waals surface area contributed by atoms with Gasteiger partial charge in [0, 0.05) is 11.4 Å².